The molecule has 0 N–H and O–H groups in total. The molecular formula is C20H29O6S3-. The van der Waals surface area contributed by atoms with Crippen LogP contribution in [0.4, 0.5) is 0 Å². The highest BCUT2D eigenvalue weighted by molar-refractivity contribution is 8.29. The van der Waals surface area contributed by atoms with Gasteiger partial charge in [0.15, 0.2) is 0 Å². The lowest BCUT2D eigenvalue weighted by molar-refractivity contribution is 0.480. The van der Waals surface area contributed by atoms with Crippen LogP contribution in [0.3, 0.4) is 0 Å². The lowest BCUT2D eigenvalue weighted by Crippen LogP contribution is -2.42. The van der Waals surface area contributed by atoms with E-state index in [1.165, 1.54) is 12.1 Å². The number of hydrogen-bond donors (Lipinski definition) is 0. The van der Waals surface area contributed by atoms with Gasteiger partial charge in [0.05, 0.1) is 29.5 Å². The zero-order valence-electron chi connectivity index (χ0n) is 16.7. The first kappa shape index (κ1) is 22.7. The van der Waals surface area contributed by atoms with E-state index >= 15 is 0 Å². The van der Waals surface area contributed by atoms with Crippen molar-refractivity contribution in [3.05, 3.63) is 33.7 Å². The summed E-state index contributed by atoms with van der Waals surface area (Å²) in [7, 11) is -13.7. The van der Waals surface area contributed by atoms with Gasteiger partial charge in [-0.05, 0) is 44.7 Å². The lowest BCUT2D eigenvalue weighted by atomic mass is 10.0. The third-order valence-corrected chi connectivity index (χ3v) is 15.1. The summed E-state index contributed by atoms with van der Waals surface area (Å²) in [4.78, 5) is -0.281. The van der Waals surface area contributed by atoms with Crippen LogP contribution in [0.15, 0.2) is 29.2 Å². The highest BCUT2D eigenvalue weighted by atomic mass is 32.3. The molecule has 2 saturated carbocycles. The highest BCUT2D eigenvalue weighted by Crippen LogP contribution is 2.42. The van der Waals surface area contributed by atoms with E-state index in [0.29, 0.717) is 51.4 Å². The molecule has 6 nitrogen and oxygen atoms in total. The van der Waals surface area contributed by atoms with Gasteiger partial charge in [0.2, 0.25) is 0 Å². The Bertz CT molecular complexity index is 964. The van der Waals surface area contributed by atoms with Gasteiger partial charge in [-0.3, -0.25) is 25.3 Å². The Kier molecular flexibility index (Phi) is 6.80. The molecule has 0 saturated heterocycles. The van der Waals surface area contributed by atoms with E-state index in [0.717, 1.165) is 18.4 Å². The van der Waals surface area contributed by atoms with Gasteiger partial charge in [-0.15, -0.1) is 0 Å². The fraction of sp³-hybridized carbons (Fsp3) is 0.650. The van der Waals surface area contributed by atoms with Crippen molar-refractivity contribution in [1.82, 2.24) is 0 Å². The summed E-state index contributed by atoms with van der Waals surface area (Å²) in [6.07, 6.45) is 5.59. The van der Waals surface area contributed by atoms with Crippen molar-refractivity contribution in [3.8, 4) is 0 Å². The molecule has 2 aliphatic carbocycles. The summed E-state index contributed by atoms with van der Waals surface area (Å²) in [6, 6.07) is 5.67. The maximum Gasteiger partial charge on any atom is 0.0824 e. The van der Waals surface area contributed by atoms with E-state index in [9.17, 15) is 25.3 Å². The van der Waals surface area contributed by atoms with Crippen molar-refractivity contribution < 1.29 is 25.3 Å². The molecule has 1 aromatic carbocycles. The number of sulfone groups is 3. The molecule has 0 aliphatic heterocycles. The largest absolute Gasteiger partial charge is 0.260 e. The van der Waals surface area contributed by atoms with Crippen LogP contribution < -0.4 is 0 Å². The predicted molar refractivity (Wildman–Crippen MR) is 113 cm³/mol. The predicted octanol–water partition coefficient (Wildman–Crippen LogP) is 3.71. The molecule has 0 bridgehead atoms. The first-order valence-corrected chi connectivity index (χ1v) is 14.8. The Labute approximate surface area is 174 Å². The summed E-state index contributed by atoms with van der Waals surface area (Å²) in [5.41, 5.74) is 0.802. The van der Waals surface area contributed by atoms with E-state index < -0.39 is 43.9 Å². The molecule has 0 atom stereocenters. The fourth-order valence-corrected chi connectivity index (χ4v) is 13.4. The minimum atomic E-state index is -4.69. The van der Waals surface area contributed by atoms with E-state index in [-0.39, 0.29) is 4.90 Å². The van der Waals surface area contributed by atoms with Crippen LogP contribution >= 0.6 is 0 Å². The topological polar surface area (TPSA) is 102 Å². The van der Waals surface area contributed by atoms with Gasteiger partial charge in [0.25, 0.3) is 0 Å². The Balaban J connectivity index is 2.14. The quantitative estimate of drug-likeness (QED) is 0.598. The van der Waals surface area contributed by atoms with E-state index in [4.69, 9.17) is 0 Å². The summed E-state index contributed by atoms with van der Waals surface area (Å²) in [5, 5.41) is -1.91. The Morgan fingerprint density at radius 1 is 0.655 bits per heavy atom. The summed E-state index contributed by atoms with van der Waals surface area (Å²) in [6.45, 7) is 1.78. The van der Waals surface area contributed by atoms with Crippen LogP contribution in [0.1, 0.15) is 69.8 Å². The first-order valence-electron chi connectivity index (χ1n) is 10.2. The summed E-state index contributed by atoms with van der Waals surface area (Å²) < 4.78 is 79.5. The number of rotatable bonds is 6. The van der Waals surface area contributed by atoms with E-state index in [1.54, 1.807) is 19.1 Å². The minimum Gasteiger partial charge on any atom is -0.260 e. The van der Waals surface area contributed by atoms with Crippen LogP contribution in [0.5, 0.6) is 0 Å². The second-order valence-electron chi connectivity index (χ2n) is 8.18. The molecule has 164 valence electrons. The number of benzene rings is 1. The minimum absolute atomic E-state index is 0.281. The molecule has 2 fully saturated rings. The zero-order chi connectivity index (χ0) is 21.3. The average Bonchev–Trinajstić information content (AvgIpc) is 2.69. The van der Waals surface area contributed by atoms with Gasteiger partial charge in [0, 0.05) is 19.3 Å². The monoisotopic (exact) mass is 461 g/mol. The van der Waals surface area contributed by atoms with Crippen molar-refractivity contribution in [1.29, 1.82) is 0 Å². The third kappa shape index (κ3) is 4.56. The van der Waals surface area contributed by atoms with Crippen molar-refractivity contribution >= 4 is 29.5 Å². The number of aryl methyl sites for hydroxylation is 1. The van der Waals surface area contributed by atoms with Gasteiger partial charge in [-0.25, -0.2) is 0 Å². The molecule has 29 heavy (non-hydrogen) atoms. The smallest absolute Gasteiger partial charge is 0.0824 e. The fourth-order valence-electron chi connectivity index (χ4n) is 4.30. The van der Waals surface area contributed by atoms with Crippen LogP contribution in [0, 0.1) is 10.8 Å². The van der Waals surface area contributed by atoms with Crippen LogP contribution in [0.25, 0.3) is 0 Å². The maximum absolute atomic E-state index is 13.5. The van der Waals surface area contributed by atoms with Crippen molar-refractivity contribution in [2.75, 3.05) is 0 Å². The molecule has 0 radical (unpaired) electrons. The molecule has 0 unspecified atom stereocenters. The Hall–Kier alpha value is -0.930. The van der Waals surface area contributed by atoms with Gasteiger partial charge >= 0.3 is 0 Å². The average molecular weight is 462 g/mol. The molecule has 9 heteroatoms. The van der Waals surface area contributed by atoms with Crippen molar-refractivity contribution in [2.24, 2.45) is 0 Å². The highest BCUT2D eigenvalue weighted by Gasteiger charge is 2.43. The SMILES string of the molecule is Cc1ccc(S(=O)(=O)[C-](S(=O)(=O)C2CCCCC2)S(=O)(=O)C2CCCCC2)cc1. The molecule has 0 aromatic heterocycles. The maximum atomic E-state index is 13.5. The van der Waals surface area contributed by atoms with Gasteiger partial charge in [-0.1, -0.05) is 56.2 Å². The summed E-state index contributed by atoms with van der Waals surface area (Å²) >= 11 is 0. The molecule has 3 rings (SSSR count). The Morgan fingerprint density at radius 3 is 1.41 bits per heavy atom. The van der Waals surface area contributed by atoms with Crippen LogP contribution in [-0.2, 0) is 29.5 Å². The molecular weight excluding hydrogens is 432 g/mol. The summed E-state index contributed by atoms with van der Waals surface area (Å²) in [5.74, 6) is 0. The second-order valence-corrected chi connectivity index (χ2v) is 15.2. The van der Waals surface area contributed by atoms with Gasteiger partial charge in [-0.2, -0.15) is 0 Å². The normalized spacial score (nSPS) is 20.8. The standard InChI is InChI=1S/C20H29O6S3/c1-16-12-14-19(15-13-16)29(25,26)20(27(21,22)17-8-4-2-5-9-17)28(23,24)18-10-6-3-7-11-18/h12-15,17-18H,2-11H2,1H3/q-1. The molecule has 2 aliphatic rings. The Morgan fingerprint density at radius 2 is 1.03 bits per heavy atom. The molecule has 0 heterocycles. The van der Waals surface area contributed by atoms with Gasteiger partial charge in [0.1, 0.15) is 0 Å². The van der Waals surface area contributed by atoms with Crippen molar-refractivity contribution in [2.45, 2.75) is 86.5 Å². The molecule has 0 spiro atoms. The van der Waals surface area contributed by atoms with E-state index in [2.05, 4.69) is 0 Å². The zero-order valence-corrected chi connectivity index (χ0v) is 19.2. The lowest BCUT2D eigenvalue weighted by Gasteiger charge is -2.38. The first-order chi connectivity index (χ1) is 13.6. The van der Waals surface area contributed by atoms with Crippen LogP contribution in [-0.4, -0.2) is 35.8 Å². The van der Waals surface area contributed by atoms with Crippen LogP contribution in [0.2, 0.25) is 0 Å². The third-order valence-electron chi connectivity index (χ3n) is 6.00. The number of hydrogen-bond acceptors (Lipinski definition) is 6. The van der Waals surface area contributed by atoms with Crippen molar-refractivity contribution in [3.63, 3.8) is 0 Å². The molecule has 1 aromatic rings. The van der Waals surface area contributed by atoms with Gasteiger partial charge < -0.3 is 0 Å². The molecule has 0 amide bonds. The second kappa shape index (κ2) is 8.67. The van der Waals surface area contributed by atoms with E-state index in [1.807, 2.05) is 0 Å².